The molecule has 5 nitrogen and oxygen atoms in total. The zero-order valence-electron chi connectivity index (χ0n) is 16.4. The Balaban J connectivity index is 1.70. The summed E-state index contributed by atoms with van der Waals surface area (Å²) in [6, 6.07) is 0.355. The van der Waals surface area contributed by atoms with Crippen LogP contribution in [0.5, 0.6) is 0 Å². The van der Waals surface area contributed by atoms with Crippen molar-refractivity contribution in [2.45, 2.75) is 64.1 Å². The van der Waals surface area contributed by atoms with Gasteiger partial charge in [-0.25, -0.2) is 4.98 Å². The third kappa shape index (κ3) is 4.39. The molecule has 2 aliphatic rings. The minimum Gasteiger partial charge on any atom is -0.374 e. The number of ether oxygens (including phenoxy) is 1. The highest BCUT2D eigenvalue weighted by Gasteiger charge is 2.46. The molecule has 7 heteroatoms. The van der Waals surface area contributed by atoms with Crippen molar-refractivity contribution in [3.05, 3.63) is 16.1 Å². The van der Waals surface area contributed by atoms with E-state index in [9.17, 15) is 0 Å². The van der Waals surface area contributed by atoms with Gasteiger partial charge in [-0.1, -0.05) is 37.0 Å². The SMILES string of the molecule is CNCCN(C)Cc1nc(Cl)c(Cl)n1C1CCC2(CC1)CC(C)(C)CO2. The van der Waals surface area contributed by atoms with Crippen LogP contribution in [0.3, 0.4) is 0 Å². The summed E-state index contributed by atoms with van der Waals surface area (Å²) in [4.78, 5) is 6.79. The first-order chi connectivity index (χ1) is 12.3. The highest BCUT2D eigenvalue weighted by molar-refractivity contribution is 6.40. The predicted octanol–water partition coefficient (Wildman–Crippen LogP) is 4.14. The van der Waals surface area contributed by atoms with Crippen LogP contribution in [0.2, 0.25) is 10.3 Å². The van der Waals surface area contributed by atoms with E-state index in [0.29, 0.717) is 21.8 Å². The average Bonchev–Trinajstić information content (AvgIpc) is 3.03. The molecule has 0 radical (unpaired) electrons. The van der Waals surface area contributed by atoms with Crippen molar-refractivity contribution in [1.29, 1.82) is 0 Å². The largest absolute Gasteiger partial charge is 0.374 e. The molecule has 1 saturated heterocycles. The molecule has 0 bridgehead atoms. The van der Waals surface area contributed by atoms with E-state index >= 15 is 0 Å². The van der Waals surface area contributed by atoms with Gasteiger partial charge in [0.15, 0.2) is 5.15 Å². The van der Waals surface area contributed by atoms with Gasteiger partial charge in [-0.15, -0.1) is 0 Å². The summed E-state index contributed by atoms with van der Waals surface area (Å²) in [7, 11) is 4.06. The number of hydrogen-bond acceptors (Lipinski definition) is 4. The molecule has 1 N–H and O–H groups in total. The number of nitrogens with one attached hydrogen (secondary N) is 1. The molecule has 1 aliphatic heterocycles. The van der Waals surface area contributed by atoms with Crippen LogP contribution in [0.4, 0.5) is 0 Å². The number of hydrogen-bond donors (Lipinski definition) is 1. The van der Waals surface area contributed by atoms with Gasteiger partial charge in [0.25, 0.3) is 0 Å². The van der Waals surface area contributed by atoms with Gasteiger partial charge >= 0.3 is 0 Å². The summed E-state index contributed by atoms with van der Waals surface area (Å²) in [6.45, 7) is 8.13. The molecular weight excluding hydrogens is 371 g/mol. The Morgan fingerprint density at radius 2 is 2.00 bits per heavy atom. The van der Waals surface area contributed by atoms with Crippen molar-refractivity contribution >= 4 is 23.2 Å². The molecule has 0 unspecified atom stereocenters. The zero-order valence-corrected chi connectivity index (χ0v) is 18.0. The van der Waals surface area contributed by atoms with Crippen LogP contribution >= 0.6 is 23.2 Å². The minimum absolute atomic E-state index is 0.0700. The van der Waals surface area contributed by atoms with Gasteiger partial charge in [0.05, 0.1) is 18.8 Å². The average molecular weight is 403 g/mol. The molecule has 1 aromatic heterocycles. The first-order valence-electron chi connectivity index (χ1n) is 9.64. The van der Waals surface area contributed by atoms with Gasteiger partial charge in [-0.3, -0.25) is 4.90 Å². The topological polar surface area (TPSA) is 42.3 Å². The van der Waals surface area contributed by atoms with E-state index in [2.05, 4.69) is 40.7 Å². The van der Waals surface area contributed by atoms with E-state index < -0.39 is 0 Å². The minimum atomic E-state index is 0.0700. The van der Waals surface area contributed by atoms with E-state index in [4.69, 9.17) is 27.9 Å². The maximum Gasteiger partial charge on any atom is 0.166 e. The smallest absolute Gasteiger partial charge is 0.166 e. The van der Waals surface area contributed by atoms with Gasteiger partial charge in [0, 0.05) is 19.1 Å². The number of halogens is 2. The molecule has 0 aromatic carbocycles. The standard InChI is InChI=1S/C19H32Cl2N4O/c1-18(2)12-19(26-13-18)7-5-14(6-8-19)25-15(23-16(20)17(25)21)11-24(4)10-9-22-3/h14,22H,5-13H2,1-4H3. The Labute approximate surface area is 167 Å². The lowest BCUT2D eigenvalue weighted by Gasteiger charge is -2.38. The predicted molar refractivity (Wildman–Crippen MR) is 107 cm³/mol. The molecule has 0 atom stereocenters. The fourth-order valence-corrected chi connectivity index (χ4v) is 5.03. The lowest BCUT2D eigenvalue weighted by atomic mass is 9.75. The van der Waals surface area contributed by atoms with Gasteiger partial charge in [-0.05, 0) is 51.6 Å². The Kier molecular flexibility index (Phi) is 6.25. The summed E-state index contributed by atoms with van der Waals surface area (Å²) >= 11 is 12.8. The normalized spacial score (nSPS) is 28.3. The van der Waals surface area contributed by atoms with E-state index in [1.165, 1.54) is 0 Å². The van der Waals surface area contributed by atoms with Crippen molar-refractivity contribution in [3.63, 3.8) is 0 Å². The first kappa shape index (κ1) is 20.4. The molecule has 3 rings (SSSR count). The van der Waals surface area contributed by atoms with Crippen LogP contribution in [0, 0.1) is 5.41 Å². The van der Waals surface area contributed by atoms with Gasteiger partial charge in [-0.2, -0.15) is 0 Å². The van der Waals surface area contributed by atoms with E-state index in [1.807, 2.05) is 7.05 Å². The van der Waals surface area contributed by atoms with Crippen LogP contribution in [-0.2, 0) is 11.3 Å². The third-order valence-electron chi connectivity index (χ3n) is 5.84. The summed E-state index contributed by atoms with van der Waals surface area (Å²) in [6.07, 6.45) is 5.46. The van der Waals surface area contributed by atoms with Gasteiger partial charge in [0.1, 0.15) is 11.0 Å². The van der Waals surface area contributed by atoms with Crippen molar-refractivity contribution < 1.29 is 4.74 Å². The molecule has 0 amide bonds. The van der Waals surface area contributed by atoms with Crippen LogP contribution < -0.4 is 5.32 Å². The Bertz CT molecular complexity index is 623. The highest BCUT2D eigenvalue weighted by atomic mass is 35.5. The monoisotopic (exact) mass is 402 g/mol. The molecule has 26 heavy (non-hydrogen) atoms. The molecule has 2 fully saturated rings. The second-order valence-corrected chi connectivity index (χ2v) is 9.58. The highest BCUT2D eigenvalue weighted by Crippen LogP contribution is 2.49. The Hall–Kier alpha value is -0.330. The third-order valence-corrected chi connectivity index (χ3v) is 6.56. The van der Waals surface area contributed by atoms with Crippen molar-refractivity contribution in [1.82, 2.24) is 19.8 Å². The first-order valence-corrected chi connectivity index (χ1v) is 10.4. The molecular formula is C19H32Cl2N4O. The molecule has 1 spiro atoms. The van der Waals surface area contributed by atoms with Crippen molar-refractivity contribution in [3.8, 4) is 0 Å². The quantitative estimate of drug-likeness (QED) is 0.775. The van der Waals surface area contributed by atoms with Gasteiger partial charge in [0.2, 0.25) is 0 Å². The maximum absolute atomic E-state index is 6.54. The van der Waals surface area contributed by atoms with Crippen molar-refractivity contribution in [2.75, 3.05) is 33.8 Å². The molecule has 1 saturated carbocycles. The van der Waals surface area contributed by atoms with Crippen molar-refractivity contribution in [2.24, 2.45) is 5.41 Å². The summed E-state index contributed by atoms with van der Waals surface area (Å²) in [5, 5.41) is 4.18. The number of aromatic nitrogens is 2. The van der Waals surface area contributed by atoms with Crippen LogP contribution in [0.15, 0.2) is 0 Å². The maximum atomic E-state index is 6.54. The molecule has 2 heterocycles. The number of imidazole rings is 1. The summed E-state index contributed by atoms with van der Waals surface area (Å²) in [5.41, 5.74) is 0.366. The molecule has 148 valence electrons. The van der Waals surface area contributed by atoms with Crippen LogP contribution in [0.1, 0.15) is 57.8 Å². The number of nitrogens with zero attached hydrogens (tertiary/aromatic N) is 3. The summed E-state index contributed by atoms with van der Waals surface area (Å²) in [5.74, 6) is 0.965. The van der Waals surface area contributed by atoms with Crippen LogP contribution in [0.25, 0.3) is 0 Å². The van der Waals surface area contributed by atoms with E-state index in [0.717, 1.165) is 64.2 Å². The number of rotatable bonds is 6. The number of likely N-dealkylation sites (N-methyl/N-ethyl adjacent to an activating group) is 2. The fraction of sp³-hybridized carbons (Fsp3) is 0.842. The lowest BCUT2D eigenvalue weighted by molar-refractivity contribution is -0.0344. The van der Waals surface area contributed by atoms with E-state index in [1.54, 1.807) is 0 Å². The lowest BCUT2D eigenvalue weighted by Crippen LogP contribution is -2.35. The molecule has 1 aromatic rings. The summed E-state index contributed by atoms with van der Waals surface area (Å²) < 4.78 is 8.43. The second kappa shape index (κ2) is 7.96. The zero-order chi connectivity index (χ0) is 18.9. The van der Waals surface area contributed by atoms with Crippen LogP contribution in [-0.4, -0.2) is 53.8 Å². The van der Waals surface area contributed by atoms with Gasteiger partial charge < -0.3 is 14.6 Å². The fourth-order valence-electron chi connectivity index (χ4n) is 4.56. The molecule has 1 aliphatic carbocycles. The Morgan fingerprint density at radius 1 is 1.31 bits per heavy atom. The Morgan fingerprint density at radius 3 is 2.58 bits per heavy atom. The second-order valence-electron chi connectivity index (χ2n) is 8.86. The van der Waals surface area contributed by atoms with E-state index in [-0.39, 0.29) is 5.60 Å².